The molecule has 0 spiro atoms. The van der Waals surface area contributed by atoms with Crippen LogP contribution in [0.15, 0.2) is 4.67 Å². The van der Waals surface area contributed by atoms with Crippen LogP contribution in [-0.4, -0.2) is 6.79 Å². The van der Waals surface area contributed by atoms with Crippen molar-refractivity contribution < 1.29 is 0 Å². The fraction of sp³-hybridized carbons (Fsp3) is 0. The van der Waals surface area contributed by atoms with Crippen LogP contribution in [0.3, 0.4) is 0 Å². The first-order valence-corrected chi connectivity index (χ1v) is 2.03. The van der Waals surface area contributed by atoms with Crippen LogP contribution in [-0.2, 0) is 0 Å². The summed E-state index contributed by atoms with van der Waals surface area (Å²) in [5.74, 6) is 0. The molecule has 0 fully saturated rings. The van der Waals surface area contributed by atoms with Gasteiger partial charge in [-0.1, -0.05) is 0 Å². The first kappa shape index (κ1) is 4.72. The van der Waals surface area contributed by atoms with Gasteiger partial charge < -0.3 is 0 Å². The Labute approximate surface area is 30.9 Å². The van der Waals surface area contributed by atoms with Crippen molar-refractivity contribution in [1.82, 2.24) is 0 Å². The molecule has 0 radical (unpaired) electrons. The average molecular weight is 90.8 g/mol. The standard InChI is InChI=1S/BH4NP2/c3-1-2-4/h3-4H2. The van der Waals surface area contributed by atoms with E-state index in [1.54, 1.807) is 6.79 Å². The van der Waals surface area contributed by atoms with E-state index >= 15 is 0 Å². The van der Waals surface area contributed by atoms with Crippen LogP contribution in [0.1, 0.15) is 0 Å². The Morgan fingerprint density at radius 1 is 1.75 bits per heavy atom. The molecule has 0 aliphatic heterocycles. The minimum atomic E-state index is 1.63. The van der Waals surface area contributed by atoms with E-state index in [0.717, 1.165) is 0 Å². The van der Waals surface area contributed by atoms with Gasteiger partial charge in [0, 0.05) is 0 Å². The van der Waals surface area contributed by atoms with Crippen molar-refractivity contribution in [3.05, 3.63) is 0 Å². The maximum absolute atomic E-state index is 3.49. The normalized spacial score (nSPS) is 7.50. The SMILES string of the molecule is P/B=N/P. The molecule has 0 rings (SSSR count). The number of hydrogen-bond donors (Lipinski definition) is 0. The van der Waals surface area contributed by atoms with Crippen molar-refractivity contribution in [2.45, 2.75) is 0 Å². The number of hydrogen-bond acceptors (Lipinski definition) is 1. The molecule has 0 heterocycles. The maximum atomic E-state index is 3.49. The van der Waals surface area contributed by atoms with Crippen LogP contribution in [0.5, 0.6) is 0 Å². The van der Waals surface area contributed by atoms with Gasteiger partial charge in [-0.25, -0.2) is 0 Å². The van der Waals surface area contributed by atoms with E-state index in [1.807, 2.05) is 0 Å². The third-order valence-electron chi connectivity index (χ3n) is 0.0861. The van der Waals surface area contributed by atoms with Crippen LogP contribution in [0.4, 0.5) is 0 Å². The van der Waals surface area contributed by atoms with Gasteiger partial charge in [0.25, 0.3) is 0 Å². The molecule has 0 saturated carbocycles. The molecule has 22 valence electrons. The van der Waals surface area contributed by atoms with Crippen LogP contribution >= 0.6 is 18.5 Å². The van der Waals surface area contributed by atoms with Gasteiger partial charge in [0.15, 0.2) is 0 Å². The van der Waals surface area contributed by atoms with Gasteiger partial charge in [0.05, 0.1) is 0 Å². The summed E-state index contributed by atoms with van der Waals surface area (Å²) in [6.45, 7) is 1.63. The number of nitrogens with zero attached hydrogens (tertiary/aromatic N) is 1. The van der Waals surface area contributed by atoms with Crippen molar-refractivity contribution in [3.8, 4) is 0 Å². The summed E-state index contributed by atoms with van der Waals surface area (Å²) in [6.07, 6.45) is 0. The molecule has 0 aromatic carbocycles. The van der Waals surface area contributed by atoms with Gasteiger partial charge in [-0.15, -0.1) is 0 Å². The summed E-state index contributed by atoms with van der Waals surface area (Å²) in [5.41, 5.74) is 0. The van der Waals surface area contributed by atoms with Gasteiger partial charge in [-0.3, -0.25) is 0 Å². The second kappa shape index (κ2) is 3.72. The van der Waals surface area contributed by atoms with E-state index in [-0.39, 0.29) is 0 Å². The Morgan fingerprint density at radius 2 is 2.00 bits per heavy atom. The summed E-state index contributed by atoms with van der Waals surface area (Å²) in [4.78, 5) is 0. The van der Waals surface area contributed by atoms with E-state index in [0.29, 0.717) is 0 Å². The molecule has 0 aliphatic carbocycles. The molecule has 4 heavy (non-hydrogen) atoms. The Hall–Kier alpha value is 0.725. The summed E-state index contributed by atoms with van der Waals surface area (Å²) >= 11 is 0. The van der Waals surface area contributed by atoms with Gasteiger partial charge in [0.2, 0.25) is 0 Å². The Balaban J connectivity index is 2.55. The summed E-state index contributed by atoms with van der Waals surface area (Å²) in [7, 11) is 4.55. The first-order chi connectivity index (χ1) is 1.91. The zero-order valence-electron chi connectivity index (χ0n) is 2.18. The summed E-state index contributed by atoms with van der Waals surface area (Å²) in [6, 6.07) is 0. The van der Waals surface area contributed by atoms with Crippen molar-refractivity contribution in [1.29, 1.82) is 0 Å². The molecule has 0 aromatic heterocycles. The Kier molecular flexibility index (Phi) is 4.40. The van der Waals surface area contributed by atoms with Crippen LogP contribution in [0.25, 0.3) is 0 Å². The topological polar surface area (TPSA) is 12.4 Å². The van der Waals surface area contributed by atoms with Crippen LogP contribution < -0.4 is 0 Å². The fourth-order valence-electron chi connectivity index (χ4n) is 0. The second-order valence-corrected chi connectivity index (χ2v) is 0.894. The van der Waals surface area contributed by atoms with Crippen molar-refractivity contribution in [2.24, 2.45) is 4.67 Å². The summed E-state index contributed by atoms with van der Waals surface area (Å²) in [5, 5.41) is 0. The summed E-state index contributed by atoms with van der Waals surface area (Å²) < 4.78 is 3.49. The average Bonchev–Trinajstić information content (AvgIpc) is 1.37. The van der Waals surface area contributed by atoms with E-state index < -0.39 is 0 Å². The molecule has 0 saturated heterocycles. The molecule has 0 amide bonds. The van der Waals surface area contributed by atoms with Crippen LogP contribution in [0.2, 0.25) is 0 Å². The first-order valence-electron chi connectivity index (χ1n) is 0.850. The molecule has 2 unspecified atom stereocenters. The third-order valence-corrected chi connectivity index (χ3v) is 0.775. The molecule has 0 aliphatic rings. The van der Waals surface area contributed by atoms with Crippen LogP contribution in [0, 0.1) is 0 Å². The van der Waals surface area contributed by atoms with Crippen molar-refractivity contribution >= 4 is 25.3 Å². The van der Waals surface area contributed by atoms with Crippen molar-refractivity contribution in [3.63, 3.8) is 0 Å². The molecule has 2 atom stereocenters. The zero-order valence-corrected chi connectivity index (χ0v) is 4.49. The molecule has 1 nitrogen and oxygen atoms in total. The van der Waals surface area contributed by atoms with E-state index in [9.17, 15) is 0 Å². The molecule has 0 bridgehead atoms. The fourth-order valence-corrected chi connectivity index (χ4v) is 0. The predicted octanol–water partition coefficient (Wildman–Crippen LogP) is 0.454. The van der Waals surface area contributed by atoms with E-state index in [1.165, 1.54) is 0 Å². The second-order valence-electron chi connectivity index (χ2n) is 0.298. The number of rotatable bonds is 0. The van der Waals surface area contributed by atoms with Gasteiger partial charge in [0.1, 0.15) is 0 Å². The van der Waals surface area contributed by atoms with E-state index in [2.05, 4.69) is 23.2 Å². The minimum absolute atomic E-state index is 1.63. The van der Waals surface area contributed by atoms with Crippen molar-refractivity contribution in [2.75, 3.05) is 0 Å². The van der Waals surface area contributed by atoms with Gasteiger partial charge >= 0.3 is 30.0 Å². The zero-order chi connectivity index (χ0) is 3.41. The van der Waals surface area contributed by atoms with Gasteiger partial charge in [-0.2, -0.15) is 0 Å². The van der Waals surface area contributed by atoms with E-state index in [4.69, 9.17) is 0 Å². The Bertz CT molecular complexity index is 21.2. The quantitative estimate of drug-likeness (QED) is 0.303. The third kappa shape index (κ3) is 2.72. The molecular formula is H4BNP2. The molecule has 4 heteroatoms. The molecular weight excluding hydrogens is 86.8 g/mol. The van der Waals surface area contributed by atoms with Gasteiger partial charge in [-0.05, 0) is 0 Å². The predicted molar refractivity (Wildman–Crippen MR) is 27.6 cm³/mol. The molecule has 0 N–H and O–H groups in total. The Morgan fingerprint density at radius 3 is 2.00 bits per heavy atom. The monoisotopic (exact) mass is 91.0 g/mol. The molecule has 0 aromatic rings.